The summed E-state index contributed by atoms with van der Waals surface area (Å²) in [4.78, 5) is 12.2. The Morgan fingerprint density at radius 2 is 1.95 bits per heavy atom. The van der Waals surface area contributed by atoms with E-state index >= 15 is 0 Å². The highest BCUT2D eigenvalue weighted by atomic mass is 19.1. The van der Waals surface area contributed by atoms with Crippen LogP contribution in [0.2, 0.25) is 0 Å². The van der Waals surface area contributed by atoms with E-state index in [9.17, 15) is 4.39 Å². The molecule has 2 aromatic heterocycles. The first kappa shape index (κ1) is 13.2. The number of imidazole rings is 1. The van der Waals surface area contributed by atoms with Crippen molar-refractivity contribution in [3.63, 3.8) is 0 Å². The lowest BCUT2D eigenvalue weighted by Gasteiger charge is -2.20. The summed E-state index contributed by atoms with van der Waals surface area (Å²) in [5.41, 5.74) is 1.23. The van der Waals surface area contributed by atoms with Gasteiger partial charge in [0.25, 0.3) is 0 Å². The van der Waals surface area contributed by atoms with E-state index in [1.54, 1.807) is 36.8 Å². The first-order valence-electron chi connectivity index (χ1n) is 6.49. The SMILES string of the molecule is Cn1ccnc1C(Nc1cncnc1)c1ccccc1F. The number of aryl methyl sites for hydroxylation is 1. The van der Waals surface area contributed by atoms with Gasteiger partial charge in [-0.3, -0.25) is 0 Å². The van der Waals surface area contributed by atoms with Gasteiger partial charge in [-0.1, -0.05) is 18.2 Å². The monoisotopic (exact) mass is 283 g/mol. The predicted octanol–water partition coefficient (Wildman–Crippen LogP) is 2.55. The van der Waals surface area contributed by atoms with Crippen LogP contribution in [0.3, 0.4) is 0 Å². The molecule has 0 saturated heterocycles. The predicted molar refractivity (Wildman–Crippen MR) is 77.1 cm³/mol. The van der Waals surface area contributed by atoms with Crippen LogP contribution in [-0.4, -0.2) is 19.5 Å². The molecule has 0 aliphatic rings. The van der Waals surface area contributed by atoms with Crippen LogP contribution in [-0.2, 0) is 7.05 Å². The van der Waals surface area contributed by atoms with Crippen molar-refractivity contribution in [1.82, 2.24) is 19.5 Å². The van der Waals surface area contributed by atoms with Crippen LogP contribution in [0.5, 0.6) is 0 Å². The zero-order valence-electron chi connectivity index (χ0n) is 11.4. The summed E-state index contributed by atoms with van der Waals surface area (Å²) >= 11 is 0. The van der Waals surface area contributed by atoms with E-state index in [0.29, 0.717) is 17.1 Å². The average molecular weight is 283 g/mol. The van der Waals surface area contributed by atoms with Crippen LogP contribution in [0.1, 0.15) is 17.4 Å². The first-order valence-corrected chi connectivity index (χ1v) is 6.49. The summed E-state index contributed by atoms with van der Waals surface area (Å²) in [6, 6.07) is 6.23. The number of benzene rings is 1. The molecule has 6 heteroatoms. The molecule has 3 rings (SSSR count). The molecule has 0 radical (unpaired) electrons. The van der Waals surface area contributed by atoms with Gasteiger partial charge in [-0.2, -0.15) is 0 Å². The Kier molecular flexibility index (Phi) is 3.59. The van der Waals surface area contributed by atoms with Crippen LogP contribution in [0.15, 0.2) is 55.4 Å². The van der Waals surface area contributed by atoms with Crippen molar-refractivity contribution in [3.8, 4) is 0 Å². The van der Waals surface area contributed by atoms with Gasteiger partial charge in [0.1, 0.15) is 24.0 Å². The number of rotatable bonds is 4. The third-order valence-corrected chi connectivity index (χ3v) is 3.20. The van der Waals surface area contributed by atoms with Gasteiger partial charge in [0.15, 0.2) is 0 Å². The lowest BCUT2D eigenvalue weighted by atomic mass is 10.1. The van der Waals surface area contributed by atoms with Crippen LogP contribution in [0, 0.1) is 5.82 Å². The Labute approximate surface area is 121 Å². The summed E-state index contributed by atoms with van der Waals surface area (Å²) in [5.74, 6) is 0.429. The van der Waals surface area contributed by atoms with Gasteiger partial charge in [0.2, 0.25) is 0 Å². The quantitative estimate of drug-likeness (QED) is 0.799. The number of halogens is 1. The molecule has 0 bridgehead atoms. The second-order valence-corrected chi connectivity index (χ2v) is 4.62. The van der Waals surface area contributed by atoms with Crippen molar-refractivity contribution < 1.29 is 4.39 Å². The van der Waals surface area contributed by atoms with Crippen LogP contribution in [0.4, 0.5) is 10.1 Å². The third kappa shape index (κ3) is 2.74. The standard InChI is InChI=1S/C15H14FN5/c1-21-7-6-19-15(21)14(12-4-2-3-5-13(12)16)20-11-8-17-10-18-9-11/h2-10,14,20H,1H3. The van der Waals surface area contributed by atoms with E-state index in [2.05, 4.69) is 20.3 Å². The fraction of sp³-hybridized carbons (Fsp3) is 0.133. The number of nitrogens with one attached hydrogen (secondary N) is 1. The molecule has 21 heavy (non-hydrogen) atoms. The first-order chi connectivity index (χ1) is 10.3. The van der Waals surface area contributed by atoms with Gasteiger partial charge in [0.05, 0.1) is 18.1 Å². The Balaban J connectivity index is 2.04. The lowest BCUT2D eigenvalue weighted by molar-refractivity contribution is 0.596. The Morgan fingerprint density at radius 1 is 1.19 bits per heavy atom. The van der Waals surface area contributed by atoms with E-state index in [0.717, 1.165) is 0 Å². The highest BCUT2D eigenvalue weighted by molar-refractivity contribution is 5.44. The molecule has 0 saturated carbocycles. The highest BCUT2D eigenvalue weighted by Gasteiger charge is 2.21. The highest BCUT2D eigenvalue weighted by Crippen LogP contribution is 2.26. The Morgan fingerprint density at radius 3 is 2.62 bits per heavy atom. The maximum atomic E-state index is 14.2. The molecule has 5 nitrogen and oxygen atoms in total. The topological polar surface area (TPSA) is 55.6 Å². The van der Waals surface area contributed by atoms with Crippen molar-refractivity contribution in [1.29, 1.82) is 0 Å². The molecule has 0 fully saturated rings. The molecule has 0 amide bonds. The van der Waals surface area contributed by atoms with Crippen LogP contribution in [0.25, 0.3) is 0 Å². The molecule has 1 N–H and O–H groups in total. The number of hydrogen-bond donors (Lipinski definition) is 1. The minimum absolute atomic E-state index is 0.283. The van der Waals surface area contributed by atoms with Crippen molar-refractivity contribution in [3.05, 3.63) is 72.6 Å². The van der Waals surface area contributed by atoms with Crippen molar-refractivity contribution in [2.45, 2.75) is 6.04 Å². The normalized spacial score (nSPS) is 12.1. The van der Waals surface area contributed by atoms with Gasteiger partial charge in [0, 0.05) is 25.0 Å². The number of aromatic nitrogens is 4. The van der Waals surface area contributed by atoms with Crippen LogP contribution >= 0.6 is 0 Å². The Hall–Kier alpha value is -2.76. The Bertz CT molecular complexity index is 726. The van der Waals surface area contributed by atoms with E-state index in [4.69, 9.17) is 0 Å². The summed E-state index contributed by atoms with van der Waals surface area (Å²) in [6.07, 6.45) is 8.25. The van der Waals surface area contributed by atoms with Gasteiger partial charge < -0.3 is 9.88 Å². The molecule has 3 aromatic rings. The van der Waals surface area contributed by atoms with Gasteiger partial charge in [-0.15, -0.1) is 0 Å². The largest absolute Gasteiger partial charge is 0.369 e. The number of anilines is 1. The van der Waals surface area contributed by atoms with Crippen molar-refractivity contribution in [2.75, 3.05) is 5.32 Å². The fourth-order valence-electron chi connectivity index (χ4n) is 2.19. The fourth-order valence-corrected chi connectivity index (χ4v) is 2.19. The third-order valence-electron chi connectivity index (χ3n) is 3.20. The van der Waals surface area contributed by atoms with E-state index in [1.165, 1.54) is 12.4 Å². The zero-order valence-corrected chi connectivity index (χ0v) is 11.4. The van der Waals surface area contributed by atoms with Crippen molar-refractivity contribution in [2.24, 2.45) is 7.05 Å². The summed E-state index contributed by atoms with van der Waals surface area (Å²) < 4.78 is 16.0. The van der Waals surface area contributed by atoms with Crippen molar-refractivity contribution >= 4 is 5.69 Å². The molecule has 0 aliphatic carbocycles. The minimum atomic E-state index is -0.419. The molecule has 106 valence electrons. The number of hydrogen-bond acceptors (Lipinski definition) is 4. The van der Waals surface area contributed by atoms with Crippen LogP contribution < -0.4 is 5.32 Å². The molecular formula is C15H14FN5. The molecule has 1 aromatic carbocycles. The van der Waals surface area contributed by atoms with Gasteiger partial charge in [-0.25, -0.2) is 19.3 Å². The second-order valence-electron chi connectivity index (χ2n) is 4.62. The number of nitrogens with zero attached hydrogens (tertiary/aromatic N) is 4. The molecule has 0 aliphatic heterocycles. The second kappa shape index (κ2) is 5.70. The molecular weight excluding hydrogens is 269 g/mol. The van der Waals surface area contributed by atoms with E-state index in [1.807, 2.05) is 17.8 Å². The van der Waals surface area contributed by atoms with E-state index in [-0.39, 0.29) is 5.82 Å². The lowest BCUT2D eigenvalue weighted by Crippen LogP contribution is -2.18. The molecule has 0 spiro atoms. The van der Waals surface area contributed by atoms with Gasteiger partial charge >= 0.3 is 0 Å². The maximum absolute atomic E-state index is 14.2. The molecule has 1 unspecified atom stereocenters. The molecule has 1 atom stereocenters. The maximum Gasteiger partial charge on any atom is 0.135 e. The molecule has 2 heterocycles. The minimum Gasteiger partial charge on any atom is -0.369 e. The van der Waals surface area contributed by atoms with Gasteiger partial charge in [-0.05, 0) is 6.07 Å². The van der Waals surface area contributed by atoms with E-state index < -0.39 is 6.04 Å². The smallest absolute Gasteiger partial charge is 0.135 e. The summed E-state index contributed by atoms with van der Waals surface area (Å²) in [6.45, 7) is 0. The summed E-state index contributed by atoms with van der Waals surface area (Å²) in [5, 5.41) is 3.23. The average Bonchev–Trinajstić information content (AvgIpc) is 2.93. The summed E-state index contributed by atoms with van der Waals surface area (Å²) in [7, 11) is 1.87. The zero-order chi connectivity index (χ0) is 14.7.